The summed E-state index contributed by atoms with van der Waals surface area (Å²) in [5, 5.41) is 8.07. The quantitative estimate of drug-likeness (QED) is 0.698. The molecule has 3 rings (SSSR count). The minimum Gasteiger partial charge on any atom is -0.314 e. The van der Waals surface area contributed by atoms with Gasteiger partial charge in [-0.3, -0.25) is 9.20 Å². The predicted molar refractivity (Wildman–Crippen MR) is 90.7 cm³/mol. The first-order chi connectivity index (χ1) is 11.3. The van der Waals surface area contributed by atoms with Crippen LogP contribution in [0.25, 0.3) is 5.65 Å². The fourth-order valence-electron chi connectivity index (χ4n) is 2.43. The molecule has 0 aliphatic heterocycles. The van der Waals surface area contributed by atoms with Crippen LogP contribution in [0, 0.1) is 6.92 Å². The molecular formula is C15H15ClN4O3S. The van der Waals surface area contributed by atoms with Gasteiger partial charge in [0.15, 0.2) is 15.7 Å². The molecule has 126 valence electrons. The van der Waals surface area contributed by atoms with Crippen molar-refractivity contribution in [3.8, 4) is 0 Å². The Hall–Kier alpha value is -2.19. The first-order valence-electron chi connectivity index (χ1n) is 7.12. The maximum atomic E-state index is 12.5. The van der Waals surface area contributed by atoms with Gasteiger partial charge in [0.25, 0.3) is 5.56 Å². The molecule has 0 fully saturated rings. The predicted octanol–water partition coefficient (Wildman–Crippen LogP) is 1.50. The topological polar surface area (TPSA) is 86.3 Å². The highest BCUT2D eigenvalue weighted by Crippen LogP contribution is 2.23. The second kappa shape index (κ2) is 6.03. The van der Waals surface area contributed by atoms with Crippen LogP contribution < -0.4 is 5.56 Å². The normalized spacial score (nSPS) is 12.0. The van der Waals surface area contributed by atoms with Crippen LogP contribution in [0.1, 0.15) is 17.0 Å². The van der Waals surface area contributed by atoms with Gasteiger partial charge in [0.05, 0.1) is 5.75 Å². The van der Waals surface area contributed by atoms with Gasteiger partial charge in [-0.15, -0.1) is 10.2 Å². The Morgan fingerprint density at radius 2 is 1.92 bits per heavy atom. The van der Waals surface area contributed by atoms with E-state index >= 15 is 0 Å². The second-order valence-electron chi connectivity index (χ2n) is 5.59. The lowest BCUT2D eigenvalue weighted by atomic mass is 10.1. The van der Waals surface area contributed by atoms with Gasteiger partial charge < -0.3 is 4.57 Å². The van der Waals surface area contributed by atoms with Crippen LogP contribution in [0.15, 0.2) is 35.4 Å². The average molecular weight is 367 g/mol. The van der Waals surface area contributed by atoms with Crippen LogP contribution in [0.4, 0.5) is 0 Å². The van der Waals surface area contributed by atoms with Crippen molar-refractivity contribution in [1.29, 1.82) is 0 Å². The van der Waals surface area contributed by atoms with Crippen LogP contribution in [0.3, 0.4) is 0 Å². The molecule has 0 N–H and O–H groups in total. The number of sulfone groups is 1. The van der Waals surface area contributed by atoms with Gasteiger partial charge in [0.2, 0.25) is 5.65 Å². The zero-order valence-electron chi connectivity index (χ0n) is 13.1. The van der Waals surface area contributed by atoms with E-state index in [0.29, 0.717) is 10.6 Å². The lowest BCUT2D eigenvalue weighted by molar-refractivity contribution is 0.592. The summed E-state index contributed by atoms with van der Waals surface area (Å²) in [4.78, 5) is 12.0. The highest BCUT2D eigenvalue weighted by molar-refractivity contribution is 7.89. The molecule has 2 aromatic heterocycles. The van der Waals surface area contributed by atoms with Crippen molar-refractivity contribution in [3.63, 3.8) is 0 Å². The van der Waals surface area contributed by atoms with E-state index in [1.165, 1.54) is 15.2 Å². The number of benzene rings is 1. The third kappa shape index (κ3) is 3.07. The number of aryl methyl sites for hydroxylation is 2. The maximum absolute atomic E-state index is 12.5. The highest BCUT2D eigenvalue weighted by Gasteiger charge is 2.20. The molecule has 0 amide bonds. The molecule has 0 saturated heterocycles. The lowest BCUT2D eigenvalue weighted by Gasteiger charge is -2.09. The van der Waals surface area contributed by atoms with E-state index in [-0.39, 0.29) is 28.5 Å². The first kappa shape index (κ1) is 16.7. The molecule has 0 aliphatic carbocycles. The molecule has 0 bridgehead atoms. The molecule has 0 atom stereocenters. The number of rotatable bonds is 4. The van der Waals surface area contributed by atoms with Crippen LogP contribution in [0.5, 0.6) is 0 Å². The summed E-state index contributed by atoms with van der Waals surface area (Å²) < 4.78 is 27.8. The Bertz CT molecular complexity index is 1070. The smallest absolute Gasteiger partial charge is 0.295 e. The van der Waals surface area contributed by atoms with E-state index in [4.69, 9.17) is 11.6 Å². The summed E-state index contributed by atoms with van der Waals surface area (Å²) in [6.45, 7) is 1.81. The number of aromatic nitrogens is 4. The Labute approximate surface area is 143 Å². The number of fused-ring (bicyclic) bond motifs is 1. The largest absolute Gasteiger partial charge is 0.314 e. The monoisotopic (exact) mass is 366 g/mol. The summed E-state index contributed by atoms with van der Waals surface area (Å²) >= 11 is 6.11. The zero-order valence-corrected chi connectivity index (χ0v) is 14.7. The van der Waals surface area contributed by atoms with Gasteiger partial charge in [0, 0.05) is 24.5 Å². The molecule has 0 radical (unpaired) electrons. The fraction of sp³-hybridized carbons (Fsp3) is 0.267. The van der Waals surface area contributed by atoms with Crippen molar-refractivity contribution in [3.05, 3.63) is 62.9 Å². The third-order valence-corrected chi connectivity index (χ3v) is 5.56. The number of hydrogen-bond acceptors (Lipinski definition) is 5. The van der Waals surface area contributed by atoms with Crippen LogP contribution in [-0.4, -0.2) is 27.6 Å². The van der Waals surface area contributed by atoms with Gasteiger partial charge >= 0.3 is 0 Å². The van der Waals surface area contributed by atoms with Crippen molar-refractivity contribution < 1.29 is 8.42 Å². The van der Waals surface area contributed by atoms with Crippen LogP contribution in [-0.2, 0) is 28.4 Å². The average Bonchev–Trinajstić information content (AvgIpc) is 2.90. The molecule has 0 unspecified atom stereocenters. The second-order valence-corrected chi connectivity index (χ2v) is 8.06. The van der Waals surface area contributed by atoms with Gasteiger partial charge in [-0.2, -0.15) is 0 Å². The lowest BCUT2D eigenvalue weighted by Crippen LogP contribution is -2.19. The molecule has 0 saturated carbocycles. The molecule has 0 aliphatic rings. The van der Waals surface area contributed by atoms with Gasteiger partial charge in [-0.25, -0.2) is 8.42 Å². The summed E-state index contributed by atoms with van der Waals surface area (Å²) in [7, 11) is -1.94. The fourth-order valence-corrected chi connectivity index (χ4v) is 4.32. The Balaban J connectivity index is 1.96. The molecule has 9 heteroatoms. The van der Waals surface area contributed by atoms with Crippen molar-refractivity contribution in [2.45, 2.75) is 18.4 Å². The van der Waals surface area contributed by atoms with Crippen molar-refractivity contribution >= 4 is 27.1 Å². The van der Waals surface area contributed by atoms with Crippen LogP contribution >= 0.6 is 11.6 Å². The molecular weight excluding hydrogens is 352 g/mol. The van der Waals surface area contributed by atoms with E-state index in [9.17, 15) is 13.2 Å². The van der Waals surface area contributed by atoms with E-state index in [0.717, 1.165) is 5.56 Å². The number of halogens is 1. The van der Waals surface area contributed by atoms with E-state index in [2.05, 4.69) is 10.2 Å². The standard InChI is InChI=1S/C15H15ClN4O3S/c1-10-4-3-5-12(16)11(10)8-24(22,23)9-13-17-18-14-15(21)19(2)6-7-20(13)14/h3-7H,8-9H2,1-2H3. The Kier molecular flexibility index (Phi) is 4.18. The molecule has 1 aromatic carbocycles. The van der Waals surface area contributed by atoms with E-state index in [1.807, 2.05) is 13.0 Å². The minimum atomic E-state index is -3.53. The van der Waals surface area contributed by atoms with Crippen molar-refractivity contribution in [1.82, 2.24) is 19.2 Å². The maximum Gasteiger partial charge on any atom is 0.295 e. The van der Waals surface area contributed by atoms with Gasteiger partial charge in [-0.1, -0.05) is 23.7 Å². The number of hydrogen-bond donors (Lipinski definition) is 0. The molecule has 24 heavy (non-hydrogen) atoms. The van der Waals surface area contributed by atoms with Crippen molar-refractivity contribution in [2.24, 2.45) is 7.05 Å². The van der Waals surface area contributed by atoms with E-state index < -0.39 is 9.84 Å². The van der Waals surface area contributed by atoms with Crippen LogP contribution in [0.2, 0.25) is 5.02 Å². The SMILES string of the molecule is Cc1cccc(Cl)c1CS(=O)(=O)Cc1nnc2c(=O)n(C)ccn12. The molecule has 0 spiro atoms. The minimum absolute atomic E-state index is 0.0964. The zero-order chi connectivity index (χ0) is 17.5. The summed E-state index contributed by atoms with van der Waals surface area (Å²) in [6.07, 6.45) is 3.11. The summed E-state index contributed by atoms with van der Waals surface area (Å²) in [5.74, 6) is -0.322. The van der Waals surface area contributed by atoms with Crippen molar-refractivity contribution in [2.75, 3.05) is 0 Å². The molecule has 3 aromatic rings. The van der Waals surface area contributed by atoms with Gasteiger partial charge in [0.1, 0.15) is 5.75 Å². The van der Waals surface area contributed by atoms with E-state index in [1.54, 1.807) is 25.4 Å². The Morgan fingerprint density at radius 1 is 1.17 bits per heavy atom. The Morgan fingerprint density at radius 3 is 2.62 bits per heavy atom. The number of nitrogens with zero attached hydrogens (tertiary/aromatic N) is 4. The summed E-state index contributed by atoms with van der Waals surface area (Å²) in [5.41, 5.74) is 1.14. The first-order valence-corrected chi connectivity index (χ1v) is 9.32. The summed E-state index contributed by atoms with van der Waals surface area (Å²) in [6, 6.07) is 5.25. The molecule has 7 nitrogen and oxygen atoms in total. The third-order valence-electron chi connectivity index (χ3n) is 3.78. The molecule has 2 heterocycles. The highest BCUT2D eigenvalue weighted by atomic mass is 35.5. The van der Waals surface area contributed by atoms with Gasteiger partial charge in [-0.05, 0) is 24.1 Å².